The van der Waals surface area contributed by atoms with Gasteiger partial charge in [0.2, 0.25) is 0 Å². The molecule has 0 bridgehead atoms. The second-order valence-corrected chi connectivity index (χ2v) is 5.05. The lowest BCUT2D eigenvalue weighted by molar-refractivity contribution is -0.161. The lowest BCUT2D eigenvalue weighted by Crippen LogP contribution is -2.40. The molecule has 7 heteroatoms. The first kappa shape index (κ1) is 15.7. The number of allylic oxidation sites excluding steroid dienone is 1. The van der Waals surface area contributed by atoms with Gasteiger partial charge in [0.15, 0.2) is 7.85 Å². The normalized spacial score (nSPS) is 14.8. The maximum Gasteiger partial charge on any atom is 0.300 e. The van der Waals surface area contributed by atoms with Crippen molar-refractivity contribution < 1.29 is 21.8 Å². The molecule has 0 aliphatic heterocycles. The topological polar surface area (TPSA) is 17.1 Å². The molecule has 0 aromatic rings. The van der Waals surface area contributed by atoms with Gasteiger partial charge in [-0.15, -0.1) is 0 Å². The minimum Gasteiger partial charge on any atom is -0.255 e. The number of hydrogen-bond acceptors (Lipinski definition) is 1. The Morgan fingerprint density at radius 1 is 1.38 bits per heavy atom. The van der Waals surface area contributed by atoms with Gasteiger partial charge in [0.25, 0.3) is 11.7 Å². The molecule has 1 unspecified atom stereocenters. The van der Waals surface area contributed by atoms with Gasteiger partial charge >= 0.3 is 0 Å². The van der Waals surface area contributed by atoms with Crippen molar-refractivity contribution in [1.29, 1.82) is 0 Å². The molecule has 0 N–H and O–H groups in total. The lowest BCUT2D eigenvalue weighted by Gasteiger charge is -2.23. The van der Waals surface area contributed by atoms with Crippen molar-refractivity contribution in [2.75, 3.05) is 5.75 Å². The summed E-state index contributed by atoms with van der Waals surface area (Å²) in [7, 11) is 2.60. The van der Waals surface area contributed by atoms with Gasteiger partial charge in [-0.05, 0) is 12.8 Å². The van der Waals surface area contributed by atoms with E-state index in [1.807, 2.05) is 0 Å². The van der Waals surface area contributed by atoms with E-state index in [0.717, 1.165) is 0 Å². The van der Waals surface area contributed by atoms with Crippen molar-refractivity contribution in [2.45, 2.75) is 37.9 Å². The van der Waals surface area contributed by atoms with Gasteiger partial charge in [-0.2, -0.15) is 0 Å². The Morgan fingerprint density at radius 3 is 2.25 bits per heavy atom. The van der Waals surface area contributed by atoms with E-state index in [2.05, 4.69) is 14.4 Å². The molecule has 1 nitrogen and oxygen atoms in total. The predicted molar refractivity (Wildman–Crippen MR) is 57.3 cm³/mol. The fourth-order valence-electron chi connectivity index (χ4n) is 0.897. The molecule has 0 heterocycles. The largest absolute Gasteiger partial charge is 0.300 e. The van der Waals surface area contributed by atoms with Crippen LogP contribution < -0.4 is 0 Å². The van der Waals surface area contributed by atoms with E-state index in [-0.39, 0.29) is 12.2 Å². The summed E-state index contributed by atoms with van der Waals surface area (Å²) in [6.45, 7) is 5.20. The van der Waals surface area contributed by atoms with Crippen LogP contribution in [0.15, 0.2) is 11.5 Å². The van der Waals surface area contributed by atoms with E-state index in [9.17, 15) is 21.8 Å². The predicted octanol–water partition coefficient (Wildman–Crippen LogP) is 2.84. The third-order valence-corrected chi connectivity index (χ3v) is 3.62. The average molecular weight is 256 g/mol. The summed E-state index contributed by atoms with van der Waals surface area (Å²) in [5.41, 5.74) is 0. The fraction of sp³-hybridized carbons (Fsp3) is 0.778. The molecule has 2 radical (unpaired) electrons. The fourth-order valence-corrected chi connectivity index (χ4v) is 1.91. The van der Waals surface area contributed by atoms with E-state index < -0.39 is 29.0 Å². The third kappa shape index (κ3) is 4.68. The molecule has 0 rings (SSSR count). The van der Waals surface area contributed by atoms with E-state index in [1.165, 1.54) is 0 Å². The highest BCUT2D eigenvalue weighted by Gasteiger charge is 2.50. The SMILES string of the molecule is [B]C(F)(F)C(F)(F)CCCS(=O)C(=C)CC. The van der Waals surface area contributed by atoms with Crippen molar-refractivity contribution in [2.24, 2.45) is 0 Å². The van der Waals surface area contributed by atoms with Crippen LogP contribution in [0.3, 0.4) is 0 Å². The van der Waals surface area contributed by atoms with Crippen LogP contribution in [0, 0.1) is 0 Å². The van der Waals surface area contributed by atoms with Crippen LogP contribution in [0.1, 0.15) is 26.2 Å². The summed E-state index contributed by atoms with van der Waals surface area (Å²) in [5, 5.41) is 0. The molecule has 0 aliphatic carbocycles. The van der Waals surface area contributed by atoms with Gasteiger partial charge in [-0.1, -0.05) is 13.5 Å². The minimum atomic E-state index is -4.53. The molecular weight excluding hydrogens is 243 g/mol. The summed E-state index contributed by atoms with van der Waals surface area (Å²) in [4.78, 5) is 0.419. The molecular formula is C9H13BF4OS. The summed E-state index contributed by atoms with van der Waals surface area (Å²) in [5.74, 6) is -8.89. The molecule has 1 atom stereocenters. The second kappa shape index (κ2) is 5.84. The summed E-state index contributed by atoms with van der Waals surface area (Å²) < 4.78 is 61.0. The molecule has 0 saturated carbocycles. The first-order valence-electron chi connectivity index (χ1n) is 4.72. The first-order chi connectivity index (χ1) is 7.12. The quantitative estimate of drug-likeness (QED) is 0.505. The minimum absolute atomic E-state index is 0.0989. The molecule has 0 spiro atoms. The van der Waals surface area contributed by atoms with Crippen molar-refractivity contribution in [3.8, 4) is 0 Å². The third-order valence-electron chi connectivity index (χ3n) is 2.02. The van der Waals surface area contributed by atoms with Crippen LogP contribution >= 0.6 is 0 Å². The smallest absolute Gasteiger partial charge is 0.255 e. The molecule has 0 aromatic carbocycles. The van der Waals surface area contributed by atoms with Crippen LogP contribution in [0.2, 0.25) is 0 Å². The van der Waals surface area contributed by atoms with Gasteiger partial charge in [0, 0.05) is 27.9 Å². The number of rotatable bonds is 7. The summed E-state index contributed by atoms with van der Waals surface area (Å²) in [6, 6.07) is 0. The molecule has 0 saturated heterocycles. The molecule has 0 amide bonds. The Labute approximate surface area is 96.2 Å². The Morgan fingerprint density at radius 2 is 1.88 bits per heavy atom. The van der Waals surface area contributed by atoms with E-state index in [0.29, 0.717) is 11.3 Å². The Hall–Kier alpha value is -0.325. The van der Waals surface area contributed by atoms with E-state index >= 15 is 0 Å². The highest BCUT2D eigenvalue weighted by molar-refractivity contribution is 7.88. The monoisotopic (exact) mass is 256 g/mol. The standard InChI is InChI=1S/C9H13BF4OS/c1-3-7(2)16(15)6-4-5-8(11,12)9(10,13)14/h2-6H2,1H3. The maximum absolute atomic E-state index is 12.7. The van der Waals surface area contributed by atoms with Gasteiger partial charge in [-0.3, -0.25) is 4.21 Å². The second-order valence-electron chi connectivity index (χ2n) is 3.37. The highest BCUT2D eigenvalue weighted by atomic mass is 32.2. The van der Waals surface area contributed by atoms with Crippen molar-refractivity contribution in [3.63, 3.8) is 0 Å². The molecule has 16 heavy (non-hydrogen) atoms. The van der Waals surface area contributed by atoms with E-state index in [1.54, 1.807) is 6.92 Å². The molecule has 0 aliphatic rings. The van der Waals surface area contributed by atoms with Crippen molar-refractivity contribution >= 4 is 18.6 Å². The van der Waals surface area contributed by atoms with Crippen LogP contribution in [0.4, 0.5) is 17.6 Å². The highest BCUT2D eigenvalue weighted by Crippen LogP contribution is 2.35. The zero-order valence-corrected chi connectivity index (χ0v) is 9.76. The Balaban J connectivity index is 4.09. The molecule has 0 aromatic heterocycles. The maximum atomic E-state index is 12.7. The number of hydrogen-bond donors (Lipinski definition) is 0. The van der Waals surface area contributed by atoms with E-state index in [4.69, 9.17) is 0 Å². The van der Waals surface area contributed by atoms with Crippen molar-refractivity contribution in [3.05, 3.63) is 11.5 Å². The van der Waals surface area contributed by atoms with Gasteiger partial charge in [0.1, 0.15) is 0 Å². The summed E-state index contributed by atoms with van der Waals surface area (Å²) >= 11 is 0. The van der Waals surface area contributed by atoms with Crippen LogP contribution in [0.5, 0.6) is 0 Å². The number of halogens is 4. The van der Waals surface area contributed by atoms with Gasteiger partial charge in [-0.25, -0.2) is 17.6 Å². The lowest BCUT2D eigenvalue weighted by atomic mass is 9.89. The van der Waals surface area contributed by atoms with Crippen LogP contribution in [-0.2, 0) is 10.8 Å². The zero-order valence-electron chi connectivity index (χ0n) is 8.94. The number of alkyl halides is 4. The van der Waals surface area contributed by atoms with Crippen LogP contribution in [-0.4, -0.2) is 29.6 Å². The van der Waals surface area contributed by atoms with Crippen LogP contribution in [0.25, 0.3) is 0 Å². The zero-order chi connectivity index (χ0) is 13.0. The Bertz CT molecular complexity index is 275. The summed E-state index contributed by atoms with van der Waals surface area (Å²) in [6.07, 6.45) is -0.902. The van der Waals surface area contributed by atoms with Gasteiger partial charge < -0.3 is 0 Å². The molecule has 0 fully saturated rings. The first-order valence-corrected chi connectivity index (χ1v) is 6.04. The van der Waals surface area contributed by atoms with Gasteiger partial charge in [0.05, 0.1) is 0 Å². The Kier molecular flexibility index (Phi) is 5.72. The van der Waals surface area contributed by atoms with Crippen molar-refractivity contribution in [1.82, 2.24) is 0 Å². The average Bonchev–Trinajstić information content (AvgIpc) is 2.14. The molecule has 92 valence electrons.